The maximum absolute atomic E-state index is 11.4. The molecule has 0 spiro atoms. The summed E-state index contributed by atoms with van der Waals surface area (Å²) >= 11 is 2.10. The van der Waals surface area contributed by atoms with Crippen molar-refractivity contribution in [1.82, 2.24) is 4.98 Å². The molecule has 82 valence electrons. The number of nitrogens with zero attached hydrogens (tertiary/aromatic N) is 1. The standard InChI is InChI=1S/C10H13IN2O2/c1-10(2,3)15-9(14)13-8-4-5-12-6-7(8)11/h4-6H,1-3H3,(H,12,13,14). The topological polar surface area (TPSA) is 51.2 Å². The molecule has 0 aromatic carbocycles. The van der Waals surface area contributed by atoms with Crippen LogP contribution in [-0.2, 0) is 4.74 Å². The lowest BCUT2D eigenvalue weighted by atomic mass is 10.2. The number of hydrogen-bond acceptors (Lipinski definition) is 3. The average molecular weight is 320 g/mol. The Kier molecular flexibility index (Phi) is 3.90. The zero-order valence-electron chi connectivity index (χ0n) is 8.87. The van der Waals surface area contributed by atoms with Crippen molar-refractivity contribution in [2.24, 2.45) is 0 Å². The number of halogens is 1. The number of nitrogens with one attached hydrogen (secondary N) is 1. The minimum absolute atomic E-state index is 0.452. The second-order valence-electron chi connectivity index (χ2n) is 3.98. The first-order valence-corrected chi connectivity index (χ1v) is 5.56. The molecule has 0 atom stereocenters. The maximum Gasteiger partial charge on any atom is 0.412 e. The summed E-state index contributed by atoms with van der Waals surface area (Å²) in [6.45, 7) is 5.47. The highest BCUT2D eigenvalue weighted by molar-refractivity contribution is 14.1. The molecule has 0 aliphatic carbocycles. The highest BCUT2D eigenvalue weighted by Gasteiger charge is 2.16. The van der Waals surface area contributed by atoms with Crippen LogP contribution in [0.5, 0.6) is 0 Å². The van der Waals surface area contributed by atoms with Gasteiger partial charge >= 0.3 is 6.09 Å². The first-order valence-electron chi connectivity index (χ1n) is 4.48. The number of anilines is 1. The second kappa shape index (κ2) is 4.78. The summed E-state index contributed by atoms with van der Waals surface area (Å²) in [7, 11) is 0. The Morgan fingerprint density at radius 1 is 1.53 bits per heavy atom. The van der Waals surface area contributed by atoms with Gasteiger partial charge in [0, 0.05) is 12.4 Å². The molecule has 0 bridgehead atoms. The molecule has 0 aliphatic rings. The Morgan fingerprint density at radius 2 is 2.20 bits per heavy atom. The summed E-state index contributed by atoms with van der Waals surface area (Å²) in [5, 5.41) is 2.66. The van der Waals surface area contributed by atoms with E-state index in [0.29, 0.717) is 5.69 Å². The molecule has 4 nitrogen and oxygen atoms in total. The van der Waals surface area contributed by atoms with Crippen LogP contribution in [0, 0.1) is 3.57 Å². The molecule has 1 amide bonds. The van der Waals surface area contributed by atoms with Crippen LogP contribution in [0.1, 0.15) is 20.8 Å². The predicted octanol–water partition coefficient (Wildman–Crippen LogP) is 3.03. The van der Waals surface area contributed by atoms with Gasteiger partial charge in [0.1, 0.15) is 5.60 Å². The van der Waals surface area contributed by atoms with E-state index in [9.17, 15) is 4.79 Å². The molecule has 1 heterocycles. The molecule has 1 aromatic rings. The van der Waals surface area contributed by atoms with Crippen molar-refractivity contribution in [3.8, 4) is 0 Å². The number of amides is 1. The van der Waals surface area contributed by atoms with E-state index in [-0.39, 0.29) is 0 Å². The van der Waals surface area contributed by atoms with Crippen molar-refractivity contribution in [2.45, 2.75) is 26.4 Å². The number of carbonyl (C=O) groups is 1. The lowest BCUT2D eigenvalue weighted by molar-refractivity contribution is 0.0636. The largest absolute Gasteiger partial charge is 0.444 e. The van der Waals surface area contributed by atoms with Gasteiger partial charge in [-0.05, 0) is 49.4 Å². The summed E-state index contributed by atoms with van der Waals surface area (Å²) in [5.41, 5.74) is 0.225. The van der Waals surface area contributed by atoms with Gasteiger partial charge in [-0.2, -0.15) is 0 Å². The van der Waals surface area contributed by atoms with Gasteiger partial charge in [-0.15, -0.1) is 0 Å². The Morgan fingerprint density at radius 3 is 2.73 bits per heavy atom. The van der Waals surface area contributed by atoms with Crippen molar-refractivity contribution < 1.29 is 9.53 Å². The number of aromatic nitrogens is 1. The molecule has 0 radical (unpaired) electrons. The predicted molar refractivity (Wildman–Crippen MR) is 66.8 cm³/mol. The molecular weight excluding hydrogens is 307 g/mol. The molecular formula is C10H13IN2O2. The van der Waals surface area contributed by atoms with Gasteiger partial charge < -0.3 is 4.74 Å². The summed E-state index contributed by atoms with van der Waals surface area (Å²) < 4.78 is 6.00. The van der Waals surface area contributed by atoms with Gasteiger partial charge in [0.15, 0.2) is 0 Å². The average Bonchev–Trinajstić information content (AvgIpc) is 2.05. The van der Waals surface area contributed by atoms with Crippen LogP contribution < -0.4 is 5.32 Å². The smallest absolute Gasteiger partial charge is 0.412 e. The van der Waals surface area contributed by atoms with Crippen LogP contribution in [-0.4, -0.2) is 16.7 Å². The third kappa shape index (κ3) is 4.46. The molecule has 0 fully saturated rings. The second-order valence-corrected chi connectivity index (χ2v) is 5.14. The Bertz CT molecular complexity index is 361. The zero-order valence-corrected chi connectivity index (χ0v) is 11.0. The molecule has 0 saturated heterocycles. The maximum atomic E-state index is 11.4. The lowest BCUT2D eigenvalue weighted by Crippen LogP contribution is -2.27. The Hall–Kier alpha value is -0.850. The van der Waals surface area contributed by atoms with E-state index in [2.05, 4.69) is 32.9 Å². The number of rotatable bonds is 1. The van der Waals surface area contributed by atoms with Gasteiger partial charge in [0.2, 0.25) is 0 Å². The van der Waals surface area contributed by atoms with Gasteiger partial charge in [-0.3, -0.25) is 10.3 Å². The van der Waals surface area contributed by atoms with Gasteiger partial charge in [-0.25, -0.2) is 4.79 Å². The number of hydrogen-bond donors (Lipinski definition) is 1. The van der Waals surface area contributed by atoms with Crippen LogP contribution in [0.2, 0.25) is 0 Å². The first-order chi connectivity index (χ1) is 6.88. The van der Waals surface area contributed by atoms with Crippen molar-refractivity contribution in [3.63, 3.8) is 0 Å². The SMILES string of the molecule is CC(C)(C)OC(=O)Nc1ccncc1I. The highest BCUT2D eigenvalue weighted by Crippen LogP contribution is 2.17. The molecule has 1 aromatic heterocycles. The van der Waals surface area contributed by atoms with E-state index in [4.69, 9.17) is 4.74 Å². The molecule has 0 unspecified atom stereocenters. The van der Waals surface area contributed by atoms with Gasteiger partial charge in [-0.1, -0.05) is 0 Å². The van der Waals surface area contributed by atoms with E-state index in [1.54, 1.807) is 18.5 Å². The summed E-state index contributed by atoms with van der Waals surface area (Å²) in [5.74, 6) is 0. The van der Waals surface area contributed by atoms with Crippen LogP contribution >= 0.6 is 22.6 Å². The molecule has 15 heavy (non-hydrogen) atoms. The van der Waals surface area contributed by atoms with E-state index in [1.807, 2.05) is 20.8 Å². The quantitative estimate of drug-likeness (QED) is 0.809. The van der Waals surface area contributed by atoms with Crippen LogP contribution in [0.3, 0.4) is 0 Å². The lowest BCUT2D eigenvalue weighted by Gasteiger charge is -2.19. The van der Waals surface area contributed by atoms with Crippen molar-refractivity contribution >= 4 is 34.4 Å². The Balaban J connectivity index is 2.64. The summed E-state index contributed by atoms with van der Waals surface area (Å²) in [4.78, 5) is 15.4. The minimum atomic E-state index is -0.484. The van der Waals surface area contributed by atoms with Crippen molar-refractivity contribution in [1.29, 1.82) is 0 Å². The van der Waals surface area contributed by atoms with E-state index in [1.165, 1.54) is 0 Å². The zero-order chi connectivity index (χ0) is 11.5. The minimum Gasteiger partial charge on any atom is -0.444 e. The fourth-order valence-electron chi connectivity index (χ4n) is 0.890. The molecule has 1 N–H and O–H groups in total. The number of ether oxygens (including phenoxy) is 1. The number of carbonyl (C=O) groups excluding carboxylic acids is 1. The first kappa shape index (κ1) is 12.2. The fraction of sp³-hybridized carbons (Fsp3) is 0.400. The van der Waals surface area contributed by atoms with Gasteiger partial charge in [0.05, 0.1) is 9.26 Å². The highest BCUT2D eigenvalue weighted by atomic mass is 127. The van der Waals surface area contributed by atoms with E-state index < -0.39 is 11.7 Å². The molecule has 0 saturated carbocycles. The normalized spacial score (nSPS) is 10.9. The van der Waals surface area contributed by atoms with Crippen molar-refractivity contribution in [3.05, 3.63) is 22.0 Å². The van der Waals surface area contributed by atoms with Crippen LogP contribution in [0.4, 0.5) is 10.5 Å². The molecule has 0 aliphatic heterocycles. The van der Waals surface area contributed by atoms with Crippen molar-refractivity contribution in [2.75, 3.05) is 5.32 Å². The van der Waals surface area contributed by atoms with Gasteiger partial charge in [0.25, 0.3) is 0 Å². The Labute approximate surface area is 103 Å². The van der Waals surface area contributed by atoms with Crippen LogP contribution in [0.15, 0.2) is 18.5 Å². The third-order valence-electron chi connectivity index (χ3n) is 1.41. The van der Waals surface area contributed by atoms with E-state index >= 15 is 0 Å². The monoisotopic (exact) mass is 320 g/mol. The summed E-state index contributed by atoms with van der Waals surface area (Å²) in [6.07, 6.45) is 2.84. The molecule has 5 heteroatoms. The number of pyridine rings is 1. The molecule has 1 rings (SSSR count). The van der Waals surface area contributed by atoms with E-state index in [0.717, 1.165) is 3.57 Å². The summed E-state index contributed by atoms with van der Waals surface area (Å²) in [6, 6.07) is 1.73. The third-order valence-corrected chi connectivity index (χ3v) is 2.27. The fourth-order valence-corrected chi connectivity index (χ4v) is 1.37. The van der Waals surface area contributed by atoms with Crippen LogP contribution in [0.25, 0.3) is 0 Å².